The number of benzene rings is 1. The Bertz CT molecular complexity index is 993. The maximum Gasteiger partial charge on any atom is 0.252 e. The van der Waals surface area contributed by atoms with Crippen molar-refractivity contribution in [3.8, 4) is 0 Å². The number of fused-ring (bicyclic) bond motifs is 1. The first-order valence-electron chi connectivity index (χ1n) is 8.76. The minimum absolute atomic E-state index is 0.00635. The Morgan fingerprint density at radius 2 is 1.92 bits per heavy atom. The van der Waals surface area contributed by atoms with Gasteiger partial charge in [-0.3, -0.25) is 14.6 Å². The molecule has 1 aromatic carbocycles. The summed E-state index contributed by atoms with van der Waals surface area (Å²) < 4.78 is 0. The van der Waals surface area contributed by atoms with Gasteiger partial charge in [0, 0.05) is 28.9 Å². The number of pyridine rings is 2. The molecular weight excluding hydrogens is 326 g/mol. The molecule has 3 aromatic rings. The molecule has 134 valence electrons. The van der Waals surface area contributed by atoms with Gasteiger partial charge >= 0.3 is 0 Å². The van der Waals surface area contributed by atoms with Crippen molar-refractivity contribution in [2.24, 2.45) is 0 Å². The number of amides is 1. The van der Waals surface area contributed by atoms with Crippen molar-refractivity contribution < 1.29 is 4.79 Å². The fourth-order valence-electron chi connectivity index (χ4n) is 3.38. The second-order valence-corrected chi connectivity index (χ2v) is 6.71. The highest BCUT2D eigenvalue weighted by molar-refractivity contribution is 5.87. The molecule has 5 nitrogen and oxygen atoms in total. The summed E-state index contributed by atoms with van der Waals surface area (Å²) in [6.45, 7) is 5.75. The van der Waals surface area contributed by atoms with E-state index in [0.717, 1.165) is 28.6 Å². The molecule has 0 bridgehead atoms. The minimum Gasteiger partial charge on any atom is -0.353 e. The Balaban J connectivity index is 1.77. The lowest BCUT2D eigenvalue weighted by molar-refractivity contribution is -0.121. The van der Waals surface area contributed by atoms with Crippen LogP contribution in [-0.4, -0.2) is 21.9 Å². The first-order chi connectivity index (χ1) is 12.5. The number of nitrogens with one attached hydrogen (secondary N) is 2. The van der Waals surface area contributed by atoms with Gasteiger partial charge in [0.1, 0.15) is 0 Å². The molecule has 0 saturated heterocycles. The van der Waals surface area contributed by atoms with Crippen molar-refractivity contribution in [1.82, 2.24) is 15.3 Å². The highest BCUT2D eigenvalue weighted by atomic mass is 16.2. The number of rotatable bonds is 5. The van der Waals surface area contributed by atoms with E-state index in [1.54, 1.807) is 12.3 Å². The molecule has 2 aromatic heterocycles. The van der Waals surface area contributed by atoms with Crippen molar-refractivity contribution in [3.05, 3.63) is 75.3 Å². The van der Waals surface area contributed by atoms with Gasteiger partial charge in [0.25, 0.3) is 5.56 Å². The van der Waals surface area contributed by atoms with Crippen LogP contribution in [0.4, 0.5) is 0 Å². The van der Waals surface area contributed by atoms with Gasteiger partial charge in [-0.15, -0.1) is 0 Å². The standard InChI is InChI=1S/C21H23N3O2/c1-13(11-16-7-5-4-6-8-16)23-19(25)12-17-14(2)20-15(3)22-10-9-18(20)24-21(17)26/h4-10,13H,11-12H2,1-3H3,(H,23,25)(H,24,26). The lowest BCUT2D eigenvalue weighted by atomic mass is 10.0. The van der Waals surface area contributed by atoms with E-state index in [2.05, 4.69) is 15.3 Å². The zero-order chi connectivity index (χ0) is 18.7. The molecule has 1 amide bonds. The van der Waals surface area contributed by atoms with E-state index in [4.69, 9.17) is 0 Å². The number of aryl methyl sites for hydroxylation is 2. The maximum absolute atomic E-state index is 12.5. The summed E-state index contributed by atoms with van der Waals surface area (Å²) >= 11 is 0. The van der Waals surface area contributed by atoms with Crippen LogP contribution in [0.5, 0.6) is 0 Å². The van der Waals surface area contributed by atoms with Crippen molar-refractivity contribution in [3.63, 3.8) is 0 Å². The zero-order valence-corrected chi connectivity index (χ0v) is 15.3. The van der Waals surface area contributed by atoms with Crippen molar-refractivity contribution in [2.75, 3.05) is 0 Å². The van der Waals surface area contributed by atoms with Crippen LogP contribution >= 0.6 is 0 Å². The monoisotopic (exact) mass is 349 g/mol. The first-order valence-corrected chi connectivity index (χ1v) is 8.76. The van der Waals surface area contributed by atoms with Gasteiger partial charge in [-0.05, 0) is 44.4 Å². The van der Waals surface area contributed by atoms with Gasteiger partial charge in [-0.2, -0.15) is 0 Å². The number of hydrogen-bond acceptors (Lipinski definition) is 3. The normalized spacial score (nSPS) is 12.1. The van der Waals surface area contributed by atoms with Crippen molar-refractivity contribution >= 4 is 16.8 Å². The summed E-state index contributed by atoms with van der Waals surface area (Å²) in [6.07, 6.45) is 2.48. The van der Waals surface area contributed by atoms with Gasteiger partial charge in [-0.1, -0.05) is 30.3 Å². The zero-order valence-electron chi connectivity index (χ0n) is 15.3. The SMILES string of the molecule is Cc1nccc2[nH]c(=O)c(CC(=O)NC(C)Cc3ccccc3)c(C)c12. The minimum atomic E-state index is -0.216. The third-order valence-electron chi connectivity index (χ3n) is 4.62. The fourth-order valence-corrected chi connectivity index (χ4v) is 3.38. The van der Waals surface area contributed by atoms with Crippen LogP contribution in [0.15, 0.2) is 47.4 Å². The Morgan fingerprint density at radius 1 is 1.19 bits per heavy atom. The molecule has 0 aliphatic rings. The van der Waals surface area contributed by atoms with Gasteiger partial charge in [-0.25, -0.2) is 0 Å². The number of aromatic amines is 1. The predicted molar refractivity (Wildman–Crippen MR) is 103 cm³/mol. The van der Waals surface area contributed by atoms with Crippen LogP contribution in [0.3, 0.4) is 0 Å². The molecule has 0 aliphatic carbocycles. The molecule has 1 atom stereocenters. The Labute approximate surface area is 152 Å². The van der Waals surface area contributed by atoms with E-state index in [9.17, 15) is 9.59 Å². The molecule has 2 N–H and O–H groups in total. The summed E-state index contributed by atoms with van der Waals surface area (Å²) in [5, 5.41) is 3.90. The molecular formula is C21H23N3O2. The smallest absolute Gasteiger partial charge is 0.252 e. The molecule has 2 heterocycles. The summed E-state index contributed by atoms with van der Waals surface area (Å²) in [5.74, 6) is -0.150. The number of carbonyl (C=O) groups is 1. The lowest BCUT2D eigenvalue weighted by Gasteiger charge is -2.15. The molecule has 0 fully saturated rings. The van der Waals surface area contributed by atoms with Gasteiger partial charge in [0.15, 0.2) is 0 Å². The maximum atomic E-state index is 12.5. The van der Waals surface area contributed by atoms with E-state index in [1.807, 2.05) is 51.1 Å². The largest absolute Gasteiger partial charge is 0.353 e. The topological polar surface area (TPSA) is 74.8 Å². The van der Waals surface area contributed by atoms with Crippen LogP contribution in [0, 0.1) is 13.8 Å². The first kappa shape index (κ1) is 17.9. The molecule has 0 radical (unpaired) electrons. The molecule has 1 unspecified atom stereocenters. The lowest BCUT2D eigenvalue weighted by Crippen LogP contribution is -2.36. The number of aromatic nitrogens is 2. The second kappa shape index (κ2) is 7.52. The average Bonchev–Trinajstić information content (AvgIpc) is 2.59. The van der Waals surface area contributed by atoms with E-state index in [0.29, 0.717) is 5.56 Å². The predicted octanol–water partition coefficient (Wildman–Crippen LogP) is 2.83. The van der Waals surface area contributed by atoms with E-state index in [-0.39, 0.29) is 23.9 Å². The van der Waals surface area contributed by atoms with Gasteiger partial charge in [0.05, 0.1) is 11.9 Å². The van der Waals surface area contributed by atoms with Crippen LogP contribution in [0.1, 0.15) is 29.3 Å². The van der Waals surface area contributed by atoms with Gasteiger partial charge < -0.3 is 10.3 Å². The van der Waals surface area contributed by atoms with Crippen LogP contribution in [0.2, 0.25) is 0 Å². The van der Waals surface area contributed by atoms with Crippen LogP contribution in [0.25, 0.3) is 10.9 Å². The van der Waals surface area contributed by atoms with Crippen LogP contribution < -0.4 is 10.9 Å². The molecule has 0 spiro atoms. The fraction of sp³-hybridized carbons (Fsp3) is 0.286. The highest BCUT2D eigenvalue weighted by Gasteiger charge is 2.16. The summed E-state index contributed by atoms with van der Waals surface area (Å²) in [6, 6.07) is 11.8. The van der Waals surface area contributed by atoms with Crippen molar-refractivity contribution in [2.45, 2.75) is 39.7 Å². The molecule has 26 heavy (non-hydrogen) atoms. The number of H-pyrrole nitrogens is 1. The number of hydrogen-bond donors (Lipinski definition) is 2. The second-order valence-electron chi connectivity index (χ2n) is 6.71. The Kier molecular flexibility index (Phi) is 5.16. The van der Waals surface area contributed by atoms with Crippen molar-refractivity contribution in [1.29, 1.82) is 0 Å². The molecule has 5 heteroatoms. The van der Waals surface area contributed by atoms with E-state index < -0.39 is 0 Å². The van der Waals surface area contributed by atoms with E-state index in [1.165, 1.54) is 5.56 Å². The van der Waals surface area contributed by atoms with Gasteiger partial charge in [0.2, 0.25) is 5.91 Å². The quantitative estimate of drug-likeness (QED) is 0.744. The third kappa shape index (κ3) is 3.82. The highest BCUT2D eigenvalue weighted by Crippen LogP contribution is 2.19. The Morgan fingerprint density at radius 3 is 2.65 bits per heavy atom. The van der Waals surface area contributed by atoms with E-state index >= 15 is 0 Å². The third-order valence-corrected chi connectivity index (χ3v) is 4.62. The summed E-state index contributed by atoms with van der Waals surface area (Å²) in [4.78, 5) is 32.0. The number of nitrogens with zero attached hydrogens (tertiary/aromatic N) is 1. The summed E-state index contributed by atoms with van der Waals surface area (Å²) in [7, 11) is 0. The molecule has 3 rings (SSSR count). The summed E-state index contributed by atoms with van der Waals surface area (Å²) in [5.41, 5.74) is 3.86. The molecule has 0 aliphatic heterocycles. The number of carbonyl (C=O) groups excluding carboxylic acids is 1. The Hall–Kier alpha value is -2.95. The molecule has 0 saturated carbocycles. The van der Waals surface area contributed by atoms with Crippen LogP contribution in [-0.2, 0) is 17.6 Å². The average molecular weight is 349 g/mol.